The molecule has 0 saturated carbocycles. The molecule has 2 atom stereocenters. The van der Waals surface area contributed by atoms with Crippen molar-refractivity contribution in [2.24, 2.45) is 5.73 Å². The number of para-hydroxylation sites is 1. The minimum absolute atomic E-state index is 0.0440. The molecule has 0 aliphatic carbocycles. The third-order valence-electron chi connectivity index (χ3n) is 6.02. The summed E-state index contributed by atoms with van der Waals surface area (Å²) < 4.78 is 6.17. The molecule has 2 unspecified atom stereocenters. The Balaban J connectivity index is 1.68. The van der Waals surface area contributed by atoms with E-state index in [0.29, 0.717) is 6.16 Å². The van der Waals surface area contributed by atoms with Crippen LogP contribution in [0, 0.1) is 0 Å². The molecule has 174 valence electrons. The van der Waals surface area contributed by atoms with Gasteiger partial charge < -0.3 is 15.6 Å². The van der Waals surface area contributed by atoms with Crippen LogP contribution >= 0.6 is 7.26 Å². The fraction of sp³-hybridized carbons (Fsp3) is 0.200. The van der Waals surface area contributed by atoms with Gasteiger partial charge in [0.2, 0.25) is 0 Å². The van der Waals surface area contributed by atoms with E-state index < -0.39 is 13.4 Å². The maximum absolute atomic E-state index is 11.4. The van der Waals surface area contributed by atoms with E-state index in [4.69, 9.17) is 10.5 Å². The predicted octanol–water partition coefficient (Wildman–Crippen LogP) is 4.31. The Labute approximate surface area is 203 Å². The van der Waals surface area contributed by atoms with Gasteiger partial charge in [0, 0.05) is 6.04 Å². The van der Waals surface area contributed by atoms with Gasteiger partial charge in [-0.3, -0.25) is 0 Å². The van der Waals surface area contributed by atoms with Gasteiger partial charge in [-0.05, 0) is 61.4 Å². The Morgan fingerprint density at radius 2 is 1.15 bits per heavy atom. The average molecular weight is 471 g/mol. The molecule has 0 fully saturated rings. The predicted molar refractivity (Wildman–Crippen MR) is 145 cm³/mol. The first kappa shape index (κ1) is 24.2. The summed E-state index contributed by atoms with van der Waals surface area (Å²) in [5, 5.41) is 15.1. The van der Waals surface area contributed by atoms with E-state index in [2.05, 4.69) is 72.8 Å². The van der Waals surface area contributed by atoms with Crippen molar-refractivity contribution in [3.8, 4) is 5.75 Å². The molecule has 3 nitrogen and oxygen atoms in total. The smallest absolute Gasteiger partial charge is 0.123 e. The van der Waals surface area contributed by atoms with Gasteiger partial charge in [0.05, 0.1) is 0 Å². The fourth-order valence-corrected chi connectivity index (χ4v) is 8.83. The van der Waals surface area contributed by atoms with Crippen LogP contribution in [0.4, 0.5) is 0 Å². The molecule has 0 aliphatic rings. The average Bonchev–Trinajstić information content (AvgIpc) is 2.88. The zero-order chi connectivity index (χ0) is 23.8. The highest BCUT2D eigenvalue weighted by Gasteiger charge is 2.46. The SMILES string of the molecule is CC(N)Cc1ccccc1OCC(O)C[P+](c1ccccc1)(c1ccccc1)c1ccccc1. The summed E-state index contributed by atoms with van der Waals surface area (Å²) in [7, 11) is -2.12. The zero-order valence-electron chi connectivity index (χ0n) is 19.6. The van der Waals surface area contributed by atoms with E-state index in [1.54, 1.807) is 0 Å². The largest absolute Gasteiger partial charge is 0.490 e. The maximum Gasteiger partial charge on any atom is 0.123 e. The molecule has 0 aliphatic heterocycles. The molecule has 34 heavy (non-hydrogen) atoms. The van der Waals surface area contributed by atoms with Crippen LogP contribution in [0.15, 0.2) is 115 Å². The van der Waals surface area contributed by atoms with Crippen LogP contribution in [-0.4, -0.2) is 30.0 Å². The van der Waals surface area contributed by atoms with Gasteiger partial charge in [-0.25, -0.2) is 0 Å². The van der Waals surface area contributed by atoms with Crippen molar-refractivity contribution in [1.82, 2.24) is 0 Å². The first-order chi connectivity index (χ1) is 16.6. The lowest BCUT2D eigenvalue weighted by Gasteiger charge is -2.29. The van der Waals surface area contributed by atoms with Crippen molar-refractivity contribution in [3.63, 3.8) is 0 Å². The molecule has 4 heteroatoms. The minimum atomic E-state index is -2.12. The summed E-state index contributed by atoms with van der Waals surface area (Å²) in [6.07, 6.45) is 0.694. The fourth-order valence-electron chi connectivity index (χ4n) is 4.53. The van der Waals surface area contributed by atoms with E-state index in [9.17, 15) is 5.11 Å². The quantitative estimate of drug-likeness (QED) is 0.340. The first-order valence-electron chi connectivity index (χ1n) is 11.8. The topological polar surface area (TPSA) is 55.5 Å². The number of aliphatic hydroxyl groups is 1. The summed E-state index contributed by atoms with van der Waals surface area (Å²) in [5.74, 6) is 0.793. The normalized spacial score (nSPS) is 13.3. The molecule has 0 heterocycles. The van der Waals surface area contributed by atoms with Crippen molar-refractivity contribution in [2.45, 2.75) is 25.5 Å². The van der Waals surface area contributed by atoms with Gasteiger partial charge in [-0.15, -0.1) is 0 Å². The zero-order valence-corrected chi connectivity index (χ0v) is 20.5. The molecular weight excluding hydrogens is 437 g/mol. The second kappa shape index (κ2) is 11.4. The third-order valence-corrected chi connectivity index (χ3v) is 10.5. The Bertz CT molecular complexity index is 1050. The summed E-state index contributed by atoms with van der Waals surface area (Å²) in [6.45, 7) is 2.22. The molecule has 0 aromatic heterocycles. The van der Waals surface area contributed by atoms with Gasteiger partial charge in [-0.2, -0.15) is 0 Å². The van der Waals surface area contributed by atoms with Crippen molar-refractivity contribution >= 4 is 23.2 Å². The van der Waals surface area contributed by atoms with E-state index in [-0.39, 0.29) is 12.6 Å². The Morgan fingerprint density at radius 1 is 0.706 bits per heavy atom. The molecule has 0 amide bonds. The highest BCUT2D eigenvalue weighted by Crippen LogP contribution is 2.55. The van der Waals surface area contributed by atoms with Crippen LogP contribution in [-0.2, 0) is 6.42 Å². The number of hydrogen-bond acceptors (Lipinski definition) is 3. The monoisotopic (exact) mass is 470 g/mol. The third kappa shape index (κ3) is 5.56. The van der Waals surface area contributed by atoms with Gasteiger partial charge in [0.15, 0.2) is 0 Å². The summed E-state index contributed by atoms with van der Waals surface area (Å²) in [6, 6.07) is 39.8. The molecule has 3 N–H and O–H groups in total. The van der Waals surface area contributed by atoms with Gasteiger partial charge in [0.1, 0.15) is 47.8 Å². The molecule has 0 saturated heterocycles. The van der Waals surface area contributed by atoms with E-state index in [1.807, 2.05) is 49.4 Å². The van der Waals surface area contributed by atoms with Crippen LogP contribution < -0.4 is 26.4 Å². The number of benzene rings is 4. The standard InChI is InChI=1S/C30H33NO2P/c1-24(31)21-25-13-11-12-20-30(25)33-22-26(32)23-34(27-14-5-2-6-15-27,28-16-7-3-8-17-28)29-18-9-4-10-19-29/h2-20,24,26,32H,21-23,31H2,1H3/q+1. The van der Waals surface area contributed by atoms with Crippen molar-refractivity contribution in [1.29, 1.82) is 0 Å². The molecule has 4 rings (SSSR count). The second-order valence-electron chi connectivity index (χ2n) is 8.75. The van der Waals surface area contributed by atoms with Crippen molar-refractivity contribution in [2.75, 3.05) is 12.8 Å². The van der Waals surface area contributed by atoms with E-state index >= 15 is 0 Å². The van der Waals surface area contributed by atoms with Gasteiger partial charge in [0.25, 0.3) is 0 Å². The van der Waals surface area contributed by atoms with Crippen molar-refractivity contribution in [3.05, 3.63) is 121 Å². The summed E-state index contributed by atoms with van der Waals surface area (Å²) in [5.41, 5.74) is 7.09. The van der Waals surface area contributed by atoms with Crippen LogP contribution in [0.25, 0.3) is 0 Å². The number of rotatable bonds is 10. The van der Waals surface area contributed by atoms with E-state index in [1.165, 1.54) is 15.9 Å². The highest BCUT2D eigenvalue weighted by molar-refractivity contribution is 7.95. The highest BCUT2D eigenvalue weighted by atomic mass is 31.2. The maximum atomic E-state index is 11.4. The number of nitrogens with two attached hydrogens (primary N) is 1. The van der Waals surface area contributed by atoms with Crippen LogP contribution in [0.3, 0.4) is 0 Å². The number of ether oxygens (including phenoxy) is 1. The summed E-state index contributed by atoms with van der Waals surface area (Å²) >= 11 is 0. The Morgan fingerprint density at radius 3 is 1.62 bits per heavy atom. The number of hydrogen-bond donors (Lipinski definition) is 2. The minimum Gasteiger partial charge on any atom is -0.490 e. The number of aliphatic hydroxyl groups excluding tert-OH is 1. The van der Waals surface area contributed by atoms with E-state index in [0.717, 1.165) is 17.7 Å². The van der Waals surface area contributed by atoms with Gasteiger partial charge in [-0.1, -0.05) is 72.8 Å². The Hall–Kier alpha value is -2.97. The van der Waals surface area contributed by atoms with Crippen LogP contribution in [0.2, 0.25) is 0 Å². The van der Waals surface area contributed by atoms with Gasteiger partial charge >= 0.3 is 0 Å². The lowest BCUT2D eigenvalue weighted by molar-refractivity contribution is 0.125. The lowest BCUT2D eigenvalue weighted by atomic mass is 10.1. The molecule has 0 spiro atoms. The molecule has 4 aromatic carbocycles. The lowest BCUT2D eigenvalue weighted by Crippen LogP contribution is -2.38. The van der Waals surface area contributed by atoms with Crippen LogP contribution in [0.1, 0.15) is 12.5 Å². The second-order valence-corrected chi connectivity index (χ2v) is 12.3. The molecular formula is C30H33NO2P+. The van der Waals surface area contributed by atoms with Crippen LogP contribution in [0.5, 0.6) is 5.75 Å². The molecule has 0 bridgehead atoms. The van der Waals surface area contributed by atoms with Crippen molar-refractivity contribution < 1.29 is 9.84 Å². The molecule has 0 radical (unpaired) electrons. The first-order valence-corrected chi connectivity index (χ1v) is 13.8. The molecule has 4 aromatic rings. The summed E-state index contributed by atoms with van der Waals surface area (Å²) in [4.78, 5) is 0. The Kier molecular flexibility index (Phi) is 8.13.